The van der Waals surface area contributed by atoms with Crippen molar-refractivity contribution in [2.75, 3.05) is 19.6 Å². The van der Waals surface area contributed by atoms with E-state index in [4.69, 9.17) is 5.11 Å². The summed E-state index contributed by atoms with van der Waals surface area (Å²) in [4.78, 5) is 10.9. The molecule has 0 fully saturated rings. The van der Waals surface area contributed by atoms with E-state index < -0.39 is 24.7 Å². The van der Waals surface area contributed by atoms with E-state index in [1.54, 1.807) is 5.32 Å². The fourth-order valence-corrected chi connectivity index (χ4v) is 0.936. The molecule has 16 heavy (non-hydrogen) atoms. The van der Waals surface area contributed by atoms with Crippen molar-refractivity contribution >= 4 is 5.91 Å². The van der Waals surface area contributed by atoms with Crippen LogP contribution in [0.15, 0.2) is 0 Å². The number of hydrogen-bond donors (Lipinski definition) is 3. The monoisotopic (exact) mass is 242 g/mol. The van der Waals surface area contributed by atoms with Gasteiger partial charge in [0.1, 0.15) is 6.54 Å². The first-order valence-electron chi connectivity index (χ1n) is 5.07. The molecule has 0 aliphatic heterocycles. The minimum Gasteiger partial charge on any atom is -0.393 e. The highest BCUT2D eigenvalue weighted by Gasteiger charge is 2.27. The second-order valence-electron chi connectivity index (χ2n) is 3.42. The first-order chi connectivity index (χ1) is 7.35. The van der Waals surface area contributed by atoms with Gasteiger partial charge in [-0.1, -0.05) is 6.92 Å². The van der Waals surface area contributed by atoms with Gasteiger partial charge in [-0.25, -0.2) is 0 Å². The topological polar surface area (TPSA) is 61.4 Å². The molecule has 0 aliphatic carbocycles. The minimum absolute atomic E-state index is 0.174. The number of halogens is 3. The number of carbonyl (C=O) groups excluding carboxylic acids is 1. The van der Waals surface area contributed by atoms with Crippen LogP contribution in [0.2, 0.25) is 0 Å². The first kappa shape index (κ1) is 15.2. The molecular formula is C9H17F3N2O2. The highest BCUT2D eigenvalue weighted by molar-refractivity contribution is 5.77. The molecule has 0 aromatic carbocycles. The SMILES string of the molecule is CCC(O)CCNCC(=O)NCC(F)(F)F. The zero-order valence-corrected chi connectivity index (χ0v) is 9.10. The number of aliphatic hydroxyl groups is 1. The Morgan fingerprint density at radius 1 is 1.44 bits per heavy atom. The Morgan fingerprint density at radius 2 is 2.06 bits per heavy atom. The summed E-state index contributed by atoms with van der Waals surface area (Å²) >= 11 is 0. The van der Waals surface area contributed by atoms with Crippen molar-refractivity contribution < 1.29 is 23.1 Å². The van der Waals surface area contributed by atoms with Crippen LogP contribution in [0.25, 0.3) is 0 Å². The molecule has 3 N–H and O–H groups in total. The van der Waals surface area contributed by atoms with Crippen molar-refractivity contribution in [1.82, 2.24) is 10.6 Å². The second kappa shape index (κ2) is 7.45. The zero-order chi connectivity index (χ0) is 12.6. The lowest BCUT2D eigenvalue weighted by atomic mass is 10.2. The standard InChI is InChI=1S/C9H17F3N2O2/c1-2-7(15)3-4-13-5-8(16)14-6-9(10,11)12/h7,13,15H,2-6H2,1H3,(H,14,16). The molecule has 96 valence electrons. The van der Waals surface area contributed by atoms with Crippen LogP contribution in [-0.2, 0) is 4.79 Å². The number of amides is 1. The molecule has 0 aromatic heterocycles. The summed E-state index contributed by atoms with van der Waals surface area (Å²) in [6.07, 6.45) is -3.73. The van der Waals surface area contributed by atoms with Crippen LogP contribution >= 0.6 is 0 Å². The zero-order valence-electron chi connectivity index (χ0n) is 9.10. The average Bonchev–Trinajstić information content (AvgIpc) is 2.20. The molecule has 1 atom stereocenters. The molecule has 0 bridgehead atoms. The average molecular weight is 242 g/mol. The lowest BCUT2D eigenvalue weighted by Gasteiger charge is -2.10. The number of alkyl halides is 3. The van der Waals surface area contributed by atoms with E-state index in [1.807, 2.05) is 6.92 Å². The van der Waals surface area contributed by atoms with Crippen LogP contribution in [-0.4, -0.2) is 42.9 Å². The molecule has 0 aliphatic rings. The maximum absolute atomic E-state index is 11.7. The van der Waals surface area contributed by atoms with Gasteiger partial charge in [0, 0.05) is 0 Å². The van der Waals surface area contributed by atoms with Crippen molar-refractivity contribution in [3.05, 3.63) is 0 Å². The molecule has 1 amide bonds. The van der Waals surface area contributed by atoms with E-state index in [1.165, 1.54) is 0 Å². The summed E-state index contributed by atoms with van der Waals surface area (Å²) in [6, 6.07) is 0. The van der Waals surface area contributed by atoms with Crippen LogP contribution < -0.4 is 10.6 Å². The van der Waals surface area contributed by atoms with E-state index in [2.05, 4.69) is 5.32 Å². The van der Waals surface area contributed by atoms with Crippen LogP contribution in [0.3, 0.4) is 0 Å². The van der Waals surface area contributed by atoms with Crippen LogP contribution in [0.1, 0.15) is 19.8 Å². The number of aliphatic hydroxyl groups excluding tert-OH is 1. The molecule has 0 rings (SSSR count). The Bertz CT molecular complexity index is 209. The van der Waals surface area contributed by atoms with Gasteiger partial charge >= 0.3 is 6.18 Å². The smallest absolute Gasteiger partial charge is 0.393 e. The summed E-state index contributed by atoms with van der Waals surface area (Å²) in [7, 11) is 0. The summed E-state index contributed by atoms with van der Waals surface area (Å²) in [5.41, 5.74) is 0. The Hall–Kier alpha value is -0.820. The number of rotatable bonds is 7. The van der Waals surface area contributed by atoms with Crippen molar-refractivity contribution in [2.24, 2.45) is 0 Å². The van der Waals surface area contributed by atoms with Crippen LogP contribution in [0.4, 0.5) is 13.2 Å². The summed E-state index contributed by atoms with van der Waals surface area (Å²) in [5, 5.41) is 13.5. The second-order valence-corrected chi connectivity index (χ2v) is 3.42. The molecule has 0 saturated heterocycles. The molecule has 7 heteroatoms. The minimum atomic E-state index is -4.38. The Kier molecular flexibility index (Phi) is 7.07. The first-order valence-corrected chi connectivity index (χ1v) is 5.07. The van der Waals surface area contributed by atoms with E-state index in [0.29, 0.717) is 19.4 Å². The lowest BCUT2D eigenvalue weighted by Crippen LogP contribution is -2.39. The highest BCUT2D eigenvalue weighted by atomic mass is 19.4. The number of hydrogen-bond acceptors (Lipinski definition) is 3. The lowest BCUT2D eigenvalue weighted by molar-refractivity contribution is -0.137. The van der Waals surface area contributed by atoms with Gasteiger partial charge in [-0.05, 0) is 19.4 Å². The third-order valence-corrected chi connectivity index (χ3v) is 1.90. The normalized spacial score (nSPS) is 13.6. The molecule has 1 unspecified atom stereocenters. The molecule has 4 nitrogen and oxygen atoms in total. The predicted molar refractivity (Wildman–Crippen MR) is 52.8 cm³/mol. The molecule has 0 aromatic rings. The van der Waals surface area contributed by atoms with Gasteiger partial charge in [-0.3, -0.25) is 4.79 Å². The quantitative estimate of drug-likeness (QED) is 0.567. The highest BCUT2D eigenvalue weighted by Crippen LogP contribution is 2.11. The van der Waals surface area contributed by atoms with Crippen LogP contribution in [0.5, 0.6) is 0 Å². The Balaban J connectivity index is 3.45. The fraction of sp³-hybridized carbons (Fsp3) is 0.889. The van der Waals surface area contributed by atoms with Gasteiger partial charge in [-0.2, -0.15) is 13.2 Å². The number of carbonyl (C=O) groups is 1. The molecule has 0 spiro atoms. The summed E-state index contributed by atoms with van der Waals surface area (Å²) < 4.78 is 35.1. The Morgan fingerprint density at radius 3 is 2.56 bits per heavy atom. The van der Waals surface area contributed by atoms with E-state index >= 15 is 0 Å². The van der Waals surface area contributed by atoms with Crippen LogP contribution in [0, 0.1) is 0 Å². The maximum Gasteiger partial charge on any atom is 0.405 e. The molecule has 0 radical (unpaired) electrons. The van der Waals surface area contributed by atoms with Crippen molar-refractivity contribution in [3.63, 3.8) is 0 Å². The van der Waals surface area contributed by atoms with Crippen molar-refractivity contribution in [3.8, 4) is 0 Å². The number of nitrogens with one attached hydrogen (secondary N) is 2. The van der Waals surface area contributed by atoms with Gasteiger partial charge in [-0.15, -0.1) is 0 Å². The van der Waals surface area contributed by atoms with Crippen molar-refractivity contribution in [2.45, 2.75) is 32.0 Å². The van der Waals surface area contributed by atoms with Gasteiger partial charge in [0.15, 0.2) is 0 Å². The summed E-state index contributed by atoms with van der Waals surface area (Å²) in [5.74, 6) is -0.705. The molecular weight excluding hydrogens is 225 g/mol. The third kappa shape index (κ3) is 9.72. The van der Waals surface area contributed by atoms with Gasteiger partial charge in [0.2, 0.25) is 5.91 Å². The summed E-state index contributed by atoms with van der Waals surface area (Å²) in [6.45, 7) is 0.729. The van der Waals surface area contributed by atoms with E-state index in [-0.39, 0.29) is 6.54 Å². The van der Waals surface area contributed by atoms with Gasteiger partial charge in [0.25, 0.3) is 0 Å². The van der Waals surface area contributed by atoms with Crippen molar-refractivity contribution in [1.29, 1.82) is 0 Å². The third-order valence-electron chi connectivity index (χ3n) is 1.90. The van der Waals surface area contributed by atoms with E-state index in [0.717, 1.165) is 0 Å². The van der Waals surface area contributed by atoms with Gasteiger partial charge in [0.05, 0.1) is 12.6 Å². The van der Waals surface area contributed by atoms with E-state index in [9.17, 15) is 18.0 Å². The molecule has 0 saturated carbocycles. The Labute approximate surface area is 92.2 Å². The maximum atomic E-state index is 11.7. The van der Waals surface area contributed by atoms with Gasteiger partial charge < -0.3 is 15.7 Å². The molecule has 0 heterocycles. The fourth-order valence-electron chi connectivity index (χ4n) is 0.936. The predicted octanol–water partition coefficient (Wildman–Crippen LogP) is 0.415. The largest absolute Gasteiger partial charge is 0.405 e.